The van der Waals surface area contributed by atoms with Gasteiger partial charge in [-0.25, -0.2) is 0 Å². The van der Waals surface area contributed by atoms with Crippen LogP contribution in [0.25, 0.3) is 11.3 Å². The van der Waals surface area contributed by atoms with E-state index in [4.69, 9.17) is 5.11 Å². The van der Waals surface area contributed by atoms with E-state index in [9.17, 15) is 0 Å². The second kappa shape index (κ2) is 6.98. The van der Waals surface area contributed by atoms with E-state index >= 15 is 0 Å². The van der Waals surface area contributed by atoms with Crippen LogP contribution in [-0.4, -0.2) is 44.5 Å². The van der Waals surface area contributed by atoms with Crippen molar-refractivity contribution < 1.29 is 5.11 Å². The Bertz CT molecular complexity index is 550. The number of rotatable bonds is 7. The number of pyridine rings is 1. The average molecular weight is 272 g/mol. The van der Waals surface area contributed by atoms with E-state index in [1.807, 2.05) is 36.1 Å². The van der Waals surface area contributed by atoms with Gasteiger partial charge in [-0.3, -0.25) is 14.6 Å². The highest BCUT2D eigenvalue weighted by Gasteiger charge is 2.13. The zero-order valence-corrected chi connectivity index (χ0v) is 11.7. The maximum Gasteiger partial charge on any atom is 0.0969 e. The minimum atomic E-state index is 0.138. The van der Waals surface area contributed by atoms with Crippen molar-refractivity contribution in [3.05, 3.63) is 48.9 Å². The zero-order chi connectivity index (χ0) is 14.4. The first kappa shape index (κ1) is 14.4. The predicted octanol–water partition coefficient (Wildman–Crippen LogP) is 1.46. The molecular weight excluding hydrogens is 252 g/mol. The van der Waals surface area contributed by atoms with Crippen LogP contribution in [0.5, 0.6) is 0 Å². The standard InChI is InChI=1S/C15H20N4O/c1-3-8-19(9-10-20)12-14-11-18(2)17-15(14)13-4-6-16-7-5-13/h3-7,11,20H,1,8-10,12H2,2H3. The molecule has 0 amide bonds. The minimum Gasteiger partial charge on any atom is -0.395 e. The Balaban J connectivity index is 2.25. The molecular formula is C15H20N4O. The number of hydrogen-bond acceptors (Lipinski definition) is 4. The Morgan fingerprint density at radius 3 is 2.80 bits per heavy atom. The van der Waals surface area contributed by atoms with Crippen molar-refractivity contribution in [2.45, 2.75) is 6.54 Å². The number of hydrogen-bond donors (Lipinski definition) is 1. The van der Waals surface area contributed by atoms with Crippen LogP contribution in [0.15, 0.2) is 43.4 Å². The fourth-order valence-electron chi connectivity index (χ4n) is 2.21. The van der Waals surface area contributed by atoms with E-state index in [0.29, 0.717) is 6.54 Å². The first-order chi connectivity index (χ1) is 9.74. The molecule has 2 aromatic rings. The summed E-state index contributed by atoms with van der Waals surface area (Å²) in [4.78, 5) is 6.17. The lowest BCUT2D eigenvalue weighted by Gasteiger charge is -2.19. The third-order valence-corrected chi connectivity index (χ3v) is 3.06. The topological polar surface area (TPSA) is 54.2 Å². The van der Waals surface area contributed by atoms with Gasteiger partial charge in [-0.1, -0.05) is 6.08 Å². The molecule has 2 heterocycles. The van der Waals surface area contributed by atoms with E-state index in [-0.39, 0.29) is 6.61 Å². The molecule has 5 heteroatoms. The van der Waals surface area contributed by atoms with Gasteiger partial charge in [0, 0.05) is 56.4 Å². The predicted molar refractivity (Wildman–Crippen MR) is 79.0 cm³/mol. The molecule has 0 aliphatic heterocycles. The van der Waals surface area contributed by atoms with Crippen molar-refractivity contribution in [2.75, 3.05) is 19.7 Å². The number of aliphatic hydroxyl groups excluding tert-OH is 1. The van der Waals surface area contributed by atoms with Crippen LogP contribution in [0.1, 0.15) is 5.56 Å². The molecule has 0 atom stereocenters. The molecule has 0 saturated carbocycles. The summed E-state index contributed by atoms with van der Waals surface area (Å²) in [5.41, 5.74) is 3.15. The molecule has 2 aromatic heterocycles. The SMILES string of the molecule is C=CCN(CCO)Cc1cn(C)nc1-c1ccncc1. The van der Waals surface area contributed by atoms with Crippen molar-refractivity contribution in [3.63, 3.8) is 0 Å². The van der Waals surface area contributed by atoms with E-state index in [0.717, 1.165) is 29.9 Å². The number of nitrogens with zero attached hydrogens (tertiary/aromatic N) is 4. The maximum absolute atomic E-state index is 9.13. The quantitative estimate of drug-likeness (QED) is 0.775. The van der Waals surface area contributed by atoms with Crippen LogP contribution in [0.3, 0.4) is 0 Å². The normalized spacial score (nSPS) is 10.9. The van der Waals surface area contributed by atoms with E-state index < -0.39 is 0 Å². The van der Waals surface area contributed by atoms with Gasteiger partial charge in [-0.05, 0) is 12.1 Å². The first-order valence-electron chi connectivity index (χ1n) is 6.61. The molecule has 0 radical (unpaired) electrons. The highest BCUT2D eigenvalue weighted by atomic mass is 16.3. The summed E-state index contributed by atoms with van der Waals surface area (Å²) in [6.07, 6.45) is 7.40. The number of aryl methyl sites for hydroxylation is 1. The summed E-state index contributed by atoms with van der Waals surface area (Å²) in [5, 5.41) is 13.7. The van der Waals surface area contributed by atoms with Crippen molar-refractivity contribution in [3.8, 4) is 11.3 Å². The molecule has 20 heavy (non-hydrogen) atoms. The fraction of sp³-hybridized carbons (Fsp3) is 0.333. The molecule has 0 unspecified atom stereocenters. The summed E-state index contributed by atoms with van der Waals surface area (Å²) in [5.74, 6) is 0. The largest absolute Gasteiger partial charge is 0.395 e. The maximum atomic E-state index is 9.13. The summed E-state index contributed by atoms with van der Waals surface area (Å²) in [6, 6.07) is 3.91. The summed E-state index contributed by atoms with van der Waals surface area (Å²) in [6.45, 7) is 5.99. The van der Waals surface area contributed by atoms with Gasteiger partial charge in [-0.15, -0.1) is 6.58 Å². The molecule has 0 aliphatic carbocycles. The molecule has 0 fully saturated rings. The summed E-state index contributed by atoms with van der Waals surface area (Å²) >= 11 is 0. The zero-order valence-electron chi connectivity index (χ0n) is 11.7. The molecule has 0 spiro atoms. The van der Waals surface area contributed by atoms with Crippen molar-refractivity contribution in [2.24, 2.45) is 7.05 Å². The van der Waals surface area contributed by atoms with E-state index in [1.165, 1.54) is 0 Å². The molecule has 0 aliphatic rings. The van der Waals surface area contributed by atoms with Crippen molar-refractivity contribution in [1.82, 2.24) is 19.7 Å². The number of aliphatic hydroxyl groups is 1. The van der Waals surface area contributed by atoms with Crippen LogP contribution >= 0.6 is 0 Å². The number of aromatic nitrogens is 3. The Kier molecular flexibility index (Phi) is 5.03. The third-order valence-electron chi connectivity index (χ3n) is 3.06. The van der Waals surface area contributed by atoms with Crippen molar-refractivity contribution >= 4 is 0 Å². The van der Waals surface area contributed by atoms with Gasteiger partial charge in [-0.2, -0.15) is 5.10 Å². The third kappa shape index (κ3) is 3.53. The Hall–Kier alpha value is -1.98. The smallest absolute Gasteiger partial charge is 0.0969 e. The second-order valence-corrected chi connectivity index (χ2v) is 4.66. The lowest BCUT2D eigenvalue weighted by molar-refractivity contribution is 0.203. The molecule has 5 nitrogen and oxygen atoms in total. The minimum absolute atomic E-state index is 0.138. The van der Waals surface area contributed by atoms with Crippen LogP contribution in [0.4, 0.5) is 0 Å². The van der Waals surface area contributed by atoms with Gasteiger partial charge < -0.3 is 5.11 Å². The van der Waals surface area contributed by atoms with Gasteiger partial charge in [0.2, 0.25) is 0 Å². The molecule has 2 rings (SSSR count). The van der Waals surface area contributed by atoms with E-state index in [1.54, 1.807) is 12.4 Å². The molecule has 1 N–H and O–H groups in total. The lowest BCUT2D eigenvalue weighted by atomic mass is 10.1. The Morgan fingerprint density at radius 1 is 1.40 bits per heavy atom. The van der Waals surface area contributed by atoms with Gasteiger partial charge >= 0.3 is 0 Å². The van der Waals surface area contributed by atoms with Gasteiger partial charge in [0.25, 0.3) is 0 Å². The fourth-order valence-corrected chi connectivity index (χ4v) is 2.21. The van der Waals surface area contributed by atoms with Crippen molar-refractivity contribution in [1.29, 1.82) is 0 Å². The summed E-state index contributed by atoms with van der Waals surface area (Å²) in [7, 11) is 1.91. The lowest BCUT2D eigenvalue weighted by Crippen LogP contribution is -2.26. The highest BCUT2D eigenvalue weighted by molar-refractivity contribution is 5.61. The summed E-state index contributed by atoms with van der Waals surface area (Å²) < 4.78 is 1.82. The monoisotopic (exact) mass is 272 g/mol. The van der Waals surface area contributed by atoms with Crippen LogP contribution in [-0.2, 0) is 13.6 Å². The van der Waals surface area contributed by atoms with E-state index in [2.05, 4.69) is 21.6 Å². The Labute approximate surface area is 119 Å². The molecule has 0 bridgehead atoms. The molecule has 0 saturated heterocycles. The molecule has 0 aromatic carbocycles. The van der Waals surface area contributed by atoms with Gasteiger partial charge in [0.05, 0.1) is 12.3 Å². The first-order valence-corrected chi connectivity index (χ1v) is 6.61. The Morgan fingerprint density at radius 2 is 2.15 bits per heavy atom. The van der Waals surface area contributed by atoms with Gasteiger partial charge in [0.1, 0.15) is 0 Å². The van der Waals surface area contributed by atoms with Gasteiger partial charge in [0.15, 0.2) is 0 Å². The molecule has 106 valence electrons. The van der Waals surface area contributed by atoms with Crippen LogP contribution < -0.4 is 0 Å². The highest BCUT2D eigenvalue weighted by Crippen LogP contribution is 2.22. The average Bonchev–Trinajstić information content (AvgIpc) is 2.81. The van der Waals surface area contributed by atoms with Crippen LogP contribution in [0, 0.1) is 0 Å². The second-order valence-electron chi connectivity index (χ2n) is 4.66. The van der Waals surface area contributed by atoms with Crippen LogP contribution in [0.2, 0.25) is 0 Å².